The first-order chi connectivity index (χ1) is 9.42. The number of aromatic nitrogens is 1. The monoisotopic (exact) mass is 258 g/mol. The van der Waals surface area contributed by atoms with Gasteiger partial charge in [-0.3, -0.25) is 0 Å². The Balaban J connectivity index is 1.59. The van der Waals surface area contributed by atoms with E-state index in [1.807, 2.05) is 30.3 Å². The van der Waals surface area contributed by atoms with Gasteiger partial charge in [-0.1, -0.05) is 18.2 Å². The first-order valence-corrected chi connectivity index (χ1v) is 6.73. The molecule has 1 aliphatic heterocycles. The van der Waals surface area contributed by atoms with Gasteiger partial charge in [0.05, 0.1) is 12.3 Å². The van der Waals surface area contributed by atoms with E-state index in [0.717, 1.165) is 37.4 Å². The van der Waals surface area contributed by atoms with Gasteiger partial charge in [0.25, 0.3) is 0 Å². The Morgan fingerprint density at radius 3 is 2.95 bits per heavy atom. The lowest BCUT2D eigenvalue weighted by Crippen LogP contribution is -2.36. The Morgan fingerprint density at radius 2 is 2.16 bits per heavy atom. The summed E-state index contributed by atoms with van der Waals surface area (Å²) in [5.41, 5.74) is 1.94. The summed E-state index contributed by atoms with van der Waals surface area (Å²) < 4.78 is 10.9. The fourth-order valence-electron chi connectivity index (χ4n) is 2.25. The highest BCUT2D eigenvalue weighted by Gasteiger charge is 2.14. The fraction of sp³-hybridized carbons (Fsp3) is 0.400. The average Bonchev–Trinajstić information content (AvgIpc) is 2.96. The van der Waals surface area contributed by atoms with Crippen LogP contribution in [0, 0.1) is 0 Å². The first-order valence-electron chi connectivity index (χ1n) is 6.73. The maximum absolute atomic E-state index is 5.51. The third kappa shape index (κ3) is 3.22. The van der Waals surface area contributed by atoms with Crippen LogP contribution >= 0.6 is 0 Å². The largest absolute Gasteiger partial charge is 0.444 e. The minimum Gasteiger partial charge on any atom is -0.444 e. The van der Waals surface area contributed by atoms with Crippen molar-refractivity contribution in [3.05, 3.63) is 42.3 Å². The van der Waals surface area contributed by atoms with E-state index in [0.29, 0.717) is 11.9 Å². The Kier molecular flexibility index (Phi) is 3.91. The quantitative estimate of drug-likeness (QED) is 0.915. The molecular formula is C15H18N2O2. The standard InChI is InChI=1S/C15H18N2O2/c1-2-5-12(6-3-1)15-17-14(11-19-15)9-16-13-7-4-8-18-10-13/h1-3,5-6,11,13,16H,4,7-10H2/t13-/m1/s1. The molecule has 4 heteroatoms. The number of nitrogens with one attached hydrogen (secondary N) is 1. The first kappa shape index (κ1) is 12.4. The summed E-state index contributed by atoms with van der Waals surface area (Å²) in [6.45, 7) is 2.41. The lowest BCUT2D eigenvalue weighted by atomic mass is 10.1. The molecule has 4 nitrogen and oxygen atoms in total. The maximum atomic E-state index is 5.51. The lowest BCUT2D eigenvalue weighted by molar-refractivity contribution is 0.0698. The van der Waals surface area contributed by atoms with Gasteiger partial charge in [-0.05, 0) is 25.0 Å². The summed E-state index contributed by atoms with van der Waals surface area (Å²) in [6.07, 6.45) is 4.02. The molecule has 1 aromatic carbocycles. The van der Waals surface area contributed by atoms with E-state index >= 15 is 0 Å². The van der Waals surface area contributed by atoms with Crippen molar-refractivity contribution < 1.29 is 9.15 Å². The molecule has 3 rings (SSSR count). The molecule has 0 unspecified atom stereocenters. The van der Waals surface area contributed by atoms with Crippen molar-refractivity contribution in [2.75, 3.05) is 13.2 Å². The second-order valence-electron chi connectivity index (χ2n) is 4.80. The van der Waals surface area contributed by atoms with Crippen molar-refractivity contribution in [1.82, 2.24) is 10.3 Å². The Hall–Kier alpha value is -1.65. The number of hydrogen-bond acceptors (Lipinski definition) is 4. The molecule has 100 valence electrons. The zero-order chi connectivity index (χ0) is 12.9. The van der Waals surface area contributed by atoms with Crippen LogP contribution in [0.15, 0.2) is 41.0 Å². The van der Waals surface area contributed by atoms with Gasteiger partial charge < -0.3 is 14.5 Å². The van der Waals surface area contributed by atoms with Gasteiger partial charge in [-0.15, -0.1) is 0 Å². The SMILES string of the molecule is c1ccc(-c2nc(CN[C@@H]3CCCOC3)co2)cc1. The van der Waals surface area contributed by atoms with Crippen LogP contribution in [0.25, 0.3) is 11.5 Å². The molecule has 1 atom stereocenters. The molecule has 1 saturated heterocycles. The summed E-state index contributed by atoms with van der Waals surface area (Å²) in [6, 6.07) is 10.4. The normalized spacial score (nSPS) is 19.5. The molecule has 0 spiro atoms. The molecule has 19 heavy (non-hydrogen) atoms. The van der Waals surface area contributed by atoms with E-state index in [2.05, 4.69) is 10.3 Å². The number of rotatable bonds is 4. The van der Waals surface area contributed by atoms with Crippen molar-refractivity contribution in [3.8, 4) is 11.5 Å². The summed E-state index contributed by atoms with van der Waals surface area (Å²) in [5, 5.41) is 3.46. The van der Waals surface area contributed by atoms with Crippen molar-refractivity contribution in [3.63, 3.8) is 0 Å². The summed E-state index contributed by atoms with van der Waals surface area (Å²) in [7, 11) is 0. The molecule has 1 aliphatic rings. The van der Waals surface area contributed by atoms with Crippen LogP contribution in [-0.4, -0.2) is 24.2 Å². The minimum absolute atomic E-state index is 0.436. The maximum Gasteiger partial charge on any atom is 0.226 e. The lowest BCUT2D eigenvalue weighted by Gasteiger charge is -2.22. The number of ether oxygens (including phenoxy) is 1. The van der Waals surface area contributed by atoms with Gasteiger partial charge in [-0.2, -0.15) is 0 Å². The second-order valence-corrected chi connectivity index (χ2v) is 4.80. The van der Waals surface area contributed by atoms with Gasteiger partial charge >= 0.3 is 0 Å². The number of nitrogens with zero attached hydrogens (tertiary/aromatic N) is 1. The van der Waals surface area contributed by atoms with E-state index in [-0.39, 0.29) is 0 Å². The van der Waals surface area contributed by atoms with E-state index in [9.17, 15) is 0 Å². The van der Waals surface area contributed by atoms with Crippen LogP contribution in [0.1, 0.15) is 18.5 Å². The number of hydrogen-bond donors (Lipinski definition) is 1. The smallest absolute Gasteiger partial charge is 0.226 e. The molecule has 0 aliphatic carbocycles. The van der Waals surface area contributed by atoms with E-state index < -0.39 is 0 Å². The summed E-state index contributed by atoms with van der Waals surface area (Å²) >= 11 is 0. The second kappa shape index (κ2) is 5.99. The van der Waals surface area contributed by atoms with Crippen LogP contribution in [0.3, 0.4) is 0 Å². The van der Waals surface area contributed by atoms with Crippen molar-refractivity contribution in [2.45, 2.75) is 25.4 Å². The predicted octanol–water partition coefficient (Wildman–Crippen LogP) is 2.61. The van der Waals surface area contributed by atoms with E-state index in [1.165, 1.54) is 6.42 Å². The fourth-order valence-corrected chi connectivity index (χ4v) is 2.25. The molecule has 0 radical (unpaired) electrons. The highest BCUT2D eigenvalue weighted by molar-refractivity contribution is 5.52. The molecule has 1 aromatic heterocycles. The average molecular weight is 258 g/mol. The van der Waals surface area contributed by atoms with E-state index in [4.69, 9.17) is 9.15 Å². The third-order valence-corrected chi connectivity index (χ3v) is 3.30. The van der Waals surface area contributed by atoms with Gasteiger partial charge in [0.2, 0.25) is 5.89 Å². The molecule has 1 fully saturated rings. The summed E-state index contributed by atoms with van der Waals surface area (Å²) in [4.78, 5) is 4.49. The van der Waals surface area contributed by atoms with Crippen LogP contribution in [0.4, 0.5) is 0 Å². The van der Waals surface area contributed by atoms with E-state index in [1.54, 1.807) is 6.26 Å². The summed E-state index contributed by atoms with van der Waals surface area (Å²) in [5.74, 6) is 0.678. The highest BCUT2D eigenvalue weighted by Crippen LogP contribution is 2.18. The zero-order valence-electron chi connectivity index (χ0n) is 10.8. The van der Waals surface area contributed by atoms with Crippen molar-refractivity contribution in [1.29, 1.82) is 0 Å². The van der Waals surface area contributed by atoms with Gasteiger partial charge in [0.15, 0.2) is 0 Å². The van der Waals surface area contributed by atoms with Crippen LogP contribution < -0.4 is 5.32 Å². The molecule has 2 aromatic rings. The van der Waals surface area contributed by atoms with Crippen LogP contribution in [-0.2, 0) is 11.3 Å². The van der Waals surface area contributed by atoms with Crippen LogP contribution in [0.5, 0.6) is 0 Å². The third-order valence-electron chi connectivity index (χ3n) is 3.30. The molecule has 0 amide bonds. The van der Waals surface area contributed by atoms with Gasteiger partial charge in [0.1, 0.15) is 6.26 Å². The topological polar surface area (TPSA) is 47.3 Å². The van der Waals surface area contributed by atoms with Crippen molar-refractivity contribution >= 4 is 0 Å². The number of oxazole rings is 1. The molecule has 1 N–H and O–H groups in total. The Morgan fingerprint density at radius 1 is 1.26 bits per heavy atom. The molecule has 0 saturated carbocycles. The van der Waals surface area contributed by atoms with Gasteiger partial charge in [0, 0.05) is 24.8 Å². The Labute approximate surface area is 112 Å². The van der Waals surface area contributed by atoms with Gasteiger partial charge in [-0.25, -0.2) is 4.98 Å². The predicted molar refractivity (Wildman–Crippen MR) is 72.6 cm³/mol. The molecular weight excluding hydrogens is 240 g/mol. The molecule has 0 bridgehead atoms. The number of benzene rings is 1. The Bertz CT molecular complexity index is 504. The minimum atomic E-state index is 0.436. The zero-order valence-corrected chi connectivity index (χ0v) is 10.8. The van der Waals surface area contributed by atoms with Crippen LogP contribution in [0.2, 0.25) is 0 Å². The van der Waals surface area contributed by atoms with Crippen molar-refractivity contribution in [2.24, 2.45) is 0 Å². The molecule has 2 heterocycles. The highest BCUT2D eigenvalue weighted by atomic mass is 16.5.